The standard InChI is InChI=1S/C17H28O3/c1-3-12(2)16(18)20-11-19-10-17-7-13-4-14(8-17)6-15(5-13)9-17/h12-15H,3-11H2,1-2H3. The van der Waals surface area contributed by atoms with Crippen LogP contribution in [0.4, 0.5) is 0 Å². The zero-order chi connectivity index (χ0) is 14.2. The lowest BCUT2D eigenvalue weighted by atomic mass is 9.50. The smallest absolute Gasteiger partial charge is 0.310 e. The minimum absolute atomic E-state index is 0.0156. The summed E-state index contributed by atoms with van der Waals surface area (Å²) in [7, 11) is 0. The fourth-order valence-corrected chi connectivity index (χ4v) is 5.13. The summed E-state index contributed by atoms with van der Waals surface area (Å²) in [6, 6.07) is 0. The summed E-state index contributed by atoms with van der Waals surface area (Å²) < 4.78 is 10.9. The second kappa shape index (κ2) is 5.67. The van der Waals surface area contributed by atoms with E-state index < -0.39 is 0 Å². The van der Waals surface area contributed by atoms with E-state index in [1.54, 1.807) is 0 Å². The van der Waals surface area contributed by atoms with Gasteiger partial charge in [-0.25, -0.2) is 0 Å². The maximum Gasteiger partial charge on any atom is 0.310 e. The van der Waals surface area contributed by atoms with E-state index in [-0.39, 0.29) is 18.7 Å². The van der Waals surface area contributed by atoms with E-state index in [0.717, 1.165) is 30.8 Å². The largest absolute Gasteiger partial charge is 0.438 e. The van der Waals surface area contributed by atoms with Gasteiger partial charge in [-0.3, -0.25) is 4.79 Å². The topological polar surface area (TPSA) is 35.5 Å². The van der Waals surface area contributed by atoms with Gasteiger partial charge in [0.25, 0.3) is 0 Å². The van der Waals surface area contributed by atoms with Crippen LogP contribution in [0.2, 0.25) is 0 Å². The molecule has 0 N–H and O–H groups in total. The molecule has 0 spiro atoms. The van der Waals surface area contributed by atoms with Gasteiger partial charge in [-0.05, 0) is 68.1 Å². The van der Waals surface area contributed by atoms with Crippen LogP contribution in [0.5, 0.6) is 0 Å². The van der Waals surface area contributed by atoms with Gasteiger partial charge in [0.2, 0.25) is 0 Å². The molecule has 0 amide bonds. The van der Waals surface area contributed by atoms with Crippen LogP contribution in [0.25, 0.3) is 0 Å². The molecule has 3 heteroatoms. The van der Waals surface area contributed by atoms with Crippen molar-refractivity contribution < 1.29 is 14.3 Å². The summed E-state index contributed by atoms with van der Waals surface area (Å²) in [5, 5.41) is 0. The van der Waals surface area contributed by atoms with Crippen molar-refractivity contribution in [3.63, 3.8) is 0 Å². The average Bonchev–Trinajstić information content (AvgIpc) is 2.41. The first kappa shape index (κ1) is 14.4. The van der Waals surface area contributed by atoms with E-state index in [0.29, 0.717) is 5.41 Å². The number of hydrogen-bond donors (Lipinski definition) is 0. The highest BCUT2D eigenvalue weighted by atomic mass is 16.7. The molecule has 4 aliphatic rings. The molecule has 4 fully saturated rings. The van der Waals surface area contributed by atoms with Crippen LogP contribution in [-0.2, 0) is 14.3 Å². The summed E-state index contributed by atoms with van der Waals surface area (Å²) in [4.78, 5) is 11.6. The SMILES string of the molecule is CCC(C)C(=O)OCOCC12CC3CC(CC(C3)C1)C2. The highest BCUT2D eigenvalue weighted by molar-refractivity contribution is 5.71. The summed E-state index contributed by atoms with van der Waals surface area (Å²) in [5.74, 6) is 2.71. The second-order valence-electron chi connectivity index (χ2n) is 7.66. The van der Waals surface area contributed by atoms with Crippen molar-refractivity contribution in [2.75, 3.05) is 13.4 Å². The molecule has 1 unspecified atom stereocenters. The Bertz CT molecular complexity index is 328. The zero-order valence-corrected chi connectivity index (χ0v) is 12.9. The predicted octanol–water partition coefficient (Wildman–Crippen LogP) is 3.77. The second-order valence-corrected chi connectivity index (χ2v) is 7.66. The molecular weight excluding hydrogens is 252 g/mol. The highest BCUT2D eigenvalue weighted by Gasteiger charge is 2.50. The van der Waals surface area contributed by atoms with Gasteiger partial charge in [-0.15, -0.1) is 0 Å². The summed E-state index contributed by atoms with van der Waals surface area (Å²) in [6.07, 6.45) is 9.25. The predicted molar refractivity (Wildman–Crippen MR) is 77.0 cm³/mol. The number of hydrogen-bond acceptors (Lipinski definition) is 3. The van der Waals surface area contributed by atoms with Crippen LogP contribution in [0.15, 0.2) is 0 Å². The molecule has 0 heterocycles. The molecule has 0 aromatic rings. The summed E-state index contributed by atoms with van der Waals surface area (Å²) in [5.41, 5.74) is 0.414. The van der Waals surface area contributed by atoms with Crippen molar-refractivity contribution in [3.05, 3.63) is 0 Å². The zero-order valence-electron chi connectivity index (χ0n) is 12.9. The Morgan fingerprint density at radius 2 is 1.70 bits per heavy atom. The van der Waals surface area contributed by atoms with Crippen LogP contribution in [-0.4, -0.2) is 19.4 Å². The molecule has 20 heavy (non-hydrogen) atoms. The van der Waals surface area contributed by atoms with Crippen molar-refractivity contribution in [1.82, 2.24) is 0 Å². The Labute approximate surface area is 122 Å². The molecule has 4 rings (SSSR count). The first-order valence-electron chi connectivity index (χ1n) is 8.34. The van der Waals surface area contributed by atoms with Crippen LogP contribution in [0, 0.1) is 29.1 Å². The van der Waals surface area contributed by atoms with Crippen LogP contribution in [0.1, 0.15) is 58.8 Å². The van der Waals surface area contributed by atoms with Crippen LogP contribution >= 0.6 is 0 Å². The molecule has 0 saturated heterocycles. The van der Waals surface area contributed by atoms with Gasteiger partial charge in [-0.1, -0.05) is 13.8 Å². The molecular formula is C17H28O3. The Balaban J connectivity index is 1.44. The number of ether oxygens (including phenoxy) is 2. The Kier molecular flexibility index (Phi) is 4.07. The van der Waals surface area contributed by atoms with Gasteiger partial charge in [0, 0.05) is 0 Å². The lowest BCUT2D eigenvalue weighted by Gasteiger charge is -2.56. The molecule has 4 saturated carbocycles. The Morgan fingerprint density at radius 1 is 1.15 bits per heavy atom. The Hall–Kier alpha value is -0.570. The van der Waals surface area contributed by atoms with Gasteiger partial charge in [-0.2, -0.15) is 0 Å². The average molecular weight is 280 g/mol. The van der Waals surface area contributed by atoms with E-state index in [4.69, 9.17) is 9.47 Å². The fraction of sp³-hybridized carbons (Fsp3) is 0.941. The van der Waals surface area contributed by atoms with Crippen LogP contribution in [0.3, 0.4) is 0 Å². The molecule has 0 aromatic heterocycles. The van der Waals surface area contributed by atoms with Gasteiger partial charge in [0.15, 0.2) is 6.79 Å². The summed E-state index contributed by atoms with van der Waals surface area (Å²) in [6.45, 7) is 4.85. The Morgan fingerprint density at radius 3 is 2.20 bits per heavy atom. The van der Waals surface area contributed by atoms with Crippen molar-refractivity contribution in [2.24, 2.45) is 29.1 Å². The molecule has 3 nitrogen and oxygen atoms in total. The molecule has 4 bridgehead atoms. The quantitative estimate of drug-likeness (QED) is 0.422. The molecule has 1 atom stereocenters. The minimum Gasteiger partial charge on any atom is -0.438 e. The molecule has 4 aliphatic carbocycles. The van der Waals surface area contributed by atoms with Crippen molar-refractivity contribution >= 4 is 5.97 Å². The van der Waals surface area contributed by atoms with Gasteiger partial charge < -0.3 is 9.47 Å². The van der Waals surface area contributed by atoms with Crippen molar-refractivity contribution in [3.8, 4) is 0 Å². The van der Waals surface area contributed by atoms with Crippen molar-refractivity contribution in [2.45, 2.75) is 58.8 Å². The lowest BCUT2D eigenvalue weighted by molar-refractivity contribution is -0.170. The maximum atomic E-state index is 11.6. The third kappa shape index (κ3) is 2.88. The monoisotopic (exact) mass is 280 g/mol. The first-order chi connectivity index (χ1) is 9.60. The number of esters is 1. The van der Waals surface area contributed by atoms with Gasteiger partial charge >= 0.3 is 5.97 Å². The van der Waals surface area contributed by atoms with E-state index in [1.165, 1.54) is 38.5 Å². The molecule has 0 aromatic carbocycles. The normalized spacial score (nSPS) is 39.8. The van der Waals surface area contributed by atoms with Gasteiger partial charge in [0.1, 0.15) is 0 Å². The molecule has 114 valence electrons. The van der Waals surface area contributed by atoms with E-state index in [9.17, 15) is 4.79 Å². The first-order valence-corrected chi connectivity index (χ1v) is 8.34. The molecule has 0 aliphatic heterocycles. The van der Waals surface area contributed by atoms with E-state index >= 15 is 0 Å². The van der Waals surface area contributed by atoms with Gasteiger partial charge in [0.05, 0.1) is 12.5 Å². The number of carbonyl (C=O) groups excluding carboxylic acids is 1. The highest BCUT2D eigenvalue weighted by Crippen LogP contribution is 2.59. The number of rotatable bonds is 6. The maximum absolute atomic E-state index is 11.6. The van der Waals surface area contributed by atoms with Crippen LogP contribution < -0.4 is 0 Å². The van der Waals surface area contributed by atoms with E-state index in [1.807, 2.05) is 13.8 Å². The lowest BCUT2D eigenvalue weighted by Crippen LogP contribution is -2.48. The number of carbonyl (C=O) groups is 1. The third-order valence-corrected chi connectivity index (χ3v) is 5.87. The fourth-order valence-electron chi connectivity index (χ4n) is 5.13. The minimum atomic E-state index is -0.127. The molecule has 0 radical (unpaired) electrons. The van der Waals surface area contributed by atoms with Crippen molar-refractivity contribution in [1.29, 1.82) is 0 Å². The third-order valence-electron chi connectivity index (χ3n) is 5.87. The van der Waals surface area contributed by atoms with E-state index in [2.05, 4.69) is 0 Å². The summed E-state index contributed by atoms with van der Waals surface area (Å²) >= 11 is 0.